The van der Waals surface area contributed by atoms with Gasteiger partial charge < -0.3 is 10.9 Å². The van der Waals surface area contributed by atoms with E-state index in [4.69, 9.17) is 10.9 Å². The van der Waals surface area contributed by atoms with Crippen molar-refractivity contribution in [2.75, 3.05) is 0 Å². The van der Waals surface area contributed by atoms with Crippen LogP contribution in [0.1, 0.15) is 5.56 Å². The third-order valence-corrected chi connectivity index (χ3v) is 1.80. The molecule has 0 aromatic carbocycles. The number of rotatable bonds is 2. The summed E-state index contributed by atoms with van der Waals surface area (Å²) in [4.78, 5) is 7.87. The van der Waals surface area contributed by atoms with Gasteiger partial charge in [-0.25, -0.2) is 14.6 Å². The lowest BCUT2D eigenvalue weighted by Gasteiger charge is -2.00. The van der Waals surface area contributed by atoms with Crippen molar-refractivity contribution in [3.63, 3.8) is 0 Å². The molecule has 0 fully saturated rings. The second-order valence-electron chi connectivity index (χ2n) is 2.73. The summed E-state index contributed by atoms with van der Waals surface area (Å²) in [5, 5.41) is 15.2. The Kier molecular flexibility index (Phi) is 2.28. The average molecular weight is 204 g/mol. The zero-order valence-corrected chi connectivity index (χ0v) is 7.65. The highest BCUT2D eigenvalue weighted by Gasteiger charge is 2.01. The highest BCUT2D eigenvalue weighted by Crippen LogP contribution is 2.03. The lowest BCUT2D eigenvalue weighted by molar-refractivity contribution is 0.318. The molecule has 0 aliphatic carbocycles. The largest absolute Gasteiger partial charge is 0.409 e. The molecule has 0 amide bonds. The van der Waals surface area contributed by atoms with Gasteiger partial charge in [-0.05, 0) is 12.1 Å². The van der Waals surface area contributed by atoms with Gasteiger partial charge in [0.15, 0.2) is 11.7 Å². The normalized spacial score (nSPS) is 11.6. The van der Waals surface area contributed by atoms with E-state index in [2.05, 4.69) is 20.2 Å². The first-order chi connectivity index (χ1) is 7.31. The van der Waals surface area contributed by atoms with Crippen LogP contribution in [0.3, 0.4) is 0 Å². The molecule has 3 N–H and O–H groups in total. The van der Waals surface area contributed by atoms with Crippen molar-refractivity contribution in [3.8, 4) is 5.82 Å². The van der Waals surface area contributed by atoms with Crippen LogP contribution in [-0.4, -0.2) is 30.8 Å². The second-order valence-corrected chi connectivity index (χ2v) is 2.73. The van der Waals surface area contributed by atoms with Gasteiger partial charge in [0.2, 0.25) is 0 Å². The number of hydrogen-bond acceptors (Lipinski definition) is 5. The molecule has 76 valence electrons. The van der Waals surface area contributed by atoms with Crippen LogP contribution in [-0.2, 0) is 0 Å². The van der Waals surface area contributed by atoms with Crippen molar-refractivity contribution in [1.82, 2.24) is 19.7 Å². The quantitative estimate of drug-likeness (QED) is 0.304. The first kappa shape index (κ1) is 9.13. The number of pyridine rings is 1. The molecule has 7 heteroatoms. The number of oxime groups is 1. The molecule has 2 heterocycles. The zero-order valence-electron chi connectivity index (χ0n) is 7.65. The molecule has 0 saturated heterocycles. The van der Waals surface area contributed by atoms with Crippen LogP contribution in [0.15, 0.2) is 36.1 Å². The fourth-order valence-electron chi connectivity index (χ4n) is 1.06. The summed E-state index contributed by atoms with van der Waals surface area (Å²) >= 11 is 0. The highest BCUT2D eigenvalue weighted by molar-refractivity contribution is 5.96. The number of aromatic nitrogens is 4. The Bertz CT molecular complexity index is 460. The summed E-state index contributed by atoms with van der Waals surface area (Å²) in [6.07, 6.45) is 4.44. The van der Waals surface area contributed by atoms with Crippen LogP contribution in [0.5, 0.6) is 0 Å². The number of nitrogens with two attached hydrogens (primary N) is 1. The molecule has 0 bridgehead atoms. The lowest BCUT2D eigenvalue weighted by Crippen LogP contribution is -2.13. The maximum atomic E-state index is 8.45. The Morgan fingerprint density at radius 3 is 2.87 bits per heavy atom. The van der Waals surface area contributed by atoms with E-state index in [1.807, 2.05) is 0 Å². The Morgan fingerprint density at radius 2 is 2.33 bits per heavy atom. The van der Waals surface area contributed by atoms with Gasteiger partial charge in [-0.1, -0.05) is 5.16 Å². The molecule has 7 nitrogen and oxygen atoms in total. The fraction of sp³-hybridized carbons (Fsp3) is 0. The predicted molar refractivity (Wildman–Crippen MR) is 51.7 cm³/mol. The Morgan fingerprint density at radius 1 is 1.47 bits per heavy atom. The van der Waals surface area contributed by atoms with Gasteiger partial charge >= 0.3 is 0 Å². The van der Waals surface area contributed by atoms with Gasteiger partial charge in [-0.3, -0.25) is 0 Å². The van der Waals surface area contributed by atoms with Crippen molar-refractivity contribution in [2.24, 2.45) is 10.9 Å². The molecule has 2 aromatic heterocycles. The summed E-state index contributed by atoms with van der Waals surface area (Å²) < 4.78 is 1.51. The predicted octanol–water partition coefficient (Wildman–Crippen LogP) is -0.243. The SMILES string of the molecule is N/C(=N/O)c1ccc(-n2cncn2)nc1. The molecule has 2 rings (SSSR count). The molecule has 2 aromatic rings. The van der Waals surface area contributed by atoms with E-state index in [1.165, 1.54) is 23.5 Å². The van der Waals surface area contributed by atoms with E-state index in [0.29, 0.717) is 11.4 Å². The monoisotopic (exact) mass is 204 g/mol. The molecule has 0 unspecified atom stereocenters. The average Bonchev–Trinajstić information content (AvgIpc) is 2.82. The Labute approximate surface area is 84.9 Å². The first-order valence-corrected chi connectivity index (χ1v) is 4.10. The molecule has 0 aliphatic heterocycles. The summed E-state index contributed by atoms with van der Waals surface area (Å²) in [6.45, 7) is 0. The van der Waals surface area contributed by atoms with Gasteiger partial charge in [0.25, 0.3) is 0 Å². The van der Waals surface area contributed by atoms with Crippen LogP contribution in [0.25, 0.3) is 5.82 Å². The van der Waals surface area contributed by atoms with Gasteiger partial charge in [0, 0.05) is 11.8 Å². The minimum atomic E-state index is 0.0210. The maximum Gasteiger partial charge on any atom is 0.171 e. The summed E-state index contributed by atoms with van der Waals surface area (Å²) in [7, 11) is 0. The van der Waals surface area contributed by atoms with Gasteiger partial charge in [-0.2, -0.15) is 5.10 Å². The van der Waals surface area contributed by atoms with Gasteiger partial charge in [-0.15, -0.1) is 0 Å². The van der Waals surface area contributed by atoms with Gasteiger partial charge in [0.05, 0.1) is 0 Å². The fourth-order valence-corrected chi connectivity index (χ4v) is 1.06. The molecular weight excluding hydrogens is 196 g/mol. The zero-order chi connectivity index (χ0) is 10.7. The minimum Gasteiger partial charge on any atom is -0.409 e. The second kappa shape index (κ2) is 3.74. The summed E-state index contributed by atoms with van der Waals surface area (Å²) in [5.41, 5.74) is 5.93. The molecular formula is C8H8N6O. The standard InChI is InChI=1S/C8H8N6O/c9-8(13-15)6-1-2-7(11-3-6)14-5-10-4-12-14/h1-5,15H,(H2,9,13). The maximum absolute atomic E-state index is 8.45. The van der Waals surface area contributed by atoms with Crippen LogP contribution in [0.2, 0.25) is 0 Å². The number of hydrogen-bond donors (Lipinski definition) is 2. The summed E-state index contributed by atoms with van der Waals surface area (Å²) in [5.74, 6) is 0.634. The molecule has 0 atom stereocenters. The molecule has 15 heavy (non-hydrogen) atoms. The Hall–Kier alpha value is -2.44. The van der Waals surface area contributed by atoms with Crippen LogP contribution < -0.4 is 5.73 Å². The molecule has 0 saturated carbocycles. The third-order valence-electron chi connectivity index (χ3n) is 1.80. The number of nitrogens with zero attached hydrogens (tertiary/aromatic N) is 5. The Balaban J connectivity index is 2.33. The van der Waals surface area contributed by atoms with Crippen molar-refractivity contribution >= 4 is 5.84 Å². The van der Waals surface area contributed by atoms with Crippen molar-refractivity contribution in [1.29, 1.82) is 0 Å². The van der Waals surface area contributed by atoms with E-state index in [-0.39, 0.29) is 5.84 Å². The summed E-state index contributed by atoms with van der Waals surface area (Å²) in [6, 6.07) is 3.38. The van der Waals surface area contributed by atoms with E-state index in [0.717, 1.165) is 0 Å². The van der Waals surface area contributed by atoms with Crippen LogP contribution >= 0.6 is 0 Å². The van der Waals surface area contributed by atoms with Crippen LogP contribution in [0, 0.1) is 0 Å². The van der Waals surface area contributed by atoms with Crippen LogP contribution in [0.4, 0.5) is 0 Å². The third kappa shape index (κ3) is 1.75. The van der Waals surface area contributed by atoms with Crippen molar-refractivity contribution in [2.45, 2.75) is 0 Å². The van der Waals surface area contributed by atoms with E-state index >= 15 is 0 Å². The molecule has 0 spiro atoms. The van der Waals surface area contributed by atoms with Crippen molar-refractivity contribution in [3.05, 3.63) is 36.5 Å². The molecule has 0 aliphatic rings. The molecule has 0 radical (unpaired) electrons. The number of amidine groups is 1. The van der Waals surface area contributed by atoms with E-state index < -0.39 is 0 Å². The highest BCUT2D eigenvalue weighted by atomic mass is 16.4. The van der Waals surface area contributed by atoms with Gasteiger partial charge in [0.1, 0.15) is 12.7 Å². The smallest absolute Gasteiger partial charge is 0.171 e. The minimum absolute atomic E-state index is 0.0210. The van der Waals surface area contributed by atoms with E-state index in [1.54, 1.807) is 12.1 Å². The lowest BCUT2D eigenvalue weighted by atomic mass is 10.2. The first-order valence-electron chi connectivity index (χ1n) is 4.10. The van der Waals surface area contributed by atoms with Crippen molar-refractivity contribution < 1.29 is 5.21 Å². The topological polar surface area (TPSA) is 102 Å². The van der Waals surface area contributed by atoms with E-state index in [9.17, 15) is 0 Å².